The van der Waals surface area contributed by atoms with Crippen LogP contribution < -0.4 is 58.7 Å². The molecule has 0 bridgehead atoms. The summed E-state index contributed by atoms with van der Waals surface area (Å²) in [4.78, 5) is 66.1. The molecule has 2 aliphatic carbocycles. The molecule has 2 saturated heterocycles. The number of benzene rings is 6. The molecule has 4 fully saturated rings. The molecule has 0 aromatic heterocycles. The van der Waals surface area contributed by atoms with Crippen LogP contribution >= 0.6 is 92.8 Å². The van der Waals surface area contributed by atoms with Crippen LogP contribution in [-0.4, -0.2) is 212 Å². The van der Waals surface area contributed by atoms with E-state index < -0.39 is 82.7 Å². The highest BCUT2D eigenvalue weighted by molar-refractivity contribution is 6.67. The number of aliphatic hydroxyl groups excluding tert-OH is 1. The average molecular weight is 2090 g/mol. The van der Waals surface area contributed by atoms with Crippen molar-refractivity contribution in [1.29, 1.82) is 0 Å². The van der Waals surface area contributed by atoms with Gasteiger partial charge >= 0.3 is 37.0 Å². The molecule has 8 aliphatic rings. The van der Waals surface area contributed by atoms with Crippen molar-refractivity contribution >= 4 is 142 Å². The third-order valence-electron chi connectivity index (χ3n) is 22.2. The van der Waals surface area contributed by atoms with Crippen molar-refractivity contribution in [3.8, 4) is 51.7 Å². The van der Waals surface area contributed by atoms with Gasteiger partial charge in [-0.1, -0.05) is 68.0 Å². The Morgan fingerprint density at radius 1 is 0.481 bits per heavy atom. The first-order chi connectivity index (χ1) is 62.9. The van der Waals surface area contributed by atoms with E-state index in [0.29, 0.717) is 46.7 Å². The van der Waals surface area contributed by atoms with E-state index in [1.54, 1.807) is 120 Å². The van der Waals surface area contributed by atoms with Gasteiger partial charge in [0, 0.05) is 212 Å². The molecule has 6 aromatic carbocycles. The van der Waals surface area contributed by atoms with E-state index in [-0.39, 0.29) is 45.0 Å². The largest absolute Gasteiger partial charge is 0.515 e. The summed E-state index contributed by atoms with van der Waals surface area (Å²) in [5.74, 6) is 4.54. The number of nitrogens with one attached hydrogen (secondary N) is 1. The first kappa shape index (κ1) is 126. The Bertz CT molecular complexity index is 4400. The minimum absolute atomic E-state index is 0. The zero-order chi connectivity index (χ0) is 102. The standard InChI is InChI=1S/C32H39N3O7.C22H31N3O3.2C8H7ClO3.C7H8O.C3Cl6O3.B.9F2/c1-6-30-14-7-16-35-17-15-31(26(30)35)24-13-12-23(40-5)18-25(24)34(3)27(31)32(38,28(30)41-20(2)36)19-33-29(37)42-22-10-8-21(39-4)9-11-22;1-4-20-8-5-10-25-11-9-21(17(20)25)15-7-6-14(28-3)12-16(15)24(2)18(21)22(27,13-23)19(20)26;2*1-11-6-2-4-7(5-3-6)12-8(9)10;1-6-2-4-7(8)5-3-6;4-2(5,6)11-1(10)12-3(7,8)9;;9*1-2/h7-14,18,26-28,38H,6,15-17,19H2,1-5H3,(H,33,37);5-8,12,17-19,26-27H,4,9-11,13,23H2,1-3H3;2*2-5H,1H3;2-5,8H,1H3;;;;;;;;;;;/t26-,27+,28+,30+,31+,32-;17-,18+,19+,20+,21+,22-;;;;;;;;;;;;;;/m00............../s1. The van der Waals surface area contributed by atoms with Crippen LogP contribution in [0.5, 0.6) is 51.7 Å². The Balaban J connectivity index is 0. The molecule has 3 radical (unpaired) electrons. The number of ether oxygens (including phenoxy) is 11. The van der Waals surface area contributed by atoms with Crippen molar-refractivity contribution in [3.63, 3.8) is 0 Å². The molecule has 6 heterocycles. The van der Waals surface area contributed by atoms with Gasteiger partial charge < -0.3 is 93.4 Å². The fourth-order valence-corrected chi connectivity index (χ4v) is 18.8. The summed E-state index contributed by atoms with van der Waals surface area (Å²) in [5.41, 5.74) is 5.04. The molecule has 2 saturated carbocycles. The van der Waals surface area contributed by atoms with Crippen molar-refractivity contribution in [2.45, 2.75) is 120 Å². The van der Waals surface area contributed by atoms with E-state index in [1.807, 2.05) is 51.4 Å². The lowest BCUT2D eigenvalue weighted by Crippen LogP contribution is -2.81. The number of hydrogen-bond acceptors (Lipinski definition) is 25. The first-order valence-electron chi connectivity index (χ1n) is 37.3. The lowest BCUT2D eigenvalue weighted by molar-refractivity contribution is -0.216. The number of aliphatic hydroxyl groups is 3. The van der Waals surface area contributed by atoms with Crippen LogP contribution in [-0.2, 0) is 29.8 Å². The number of nitrogens with zero attached hydrogens (tertiary/aromatic N) is 4. The number of alkyl halides is 6. The topological polar surface area (TPSA) is 319 Å². The number of phenols is 1. The number of nitrogens with two attached hydrogens (primary N) is 1. The molecule has 7 N–H and O–H groups in total. The number of hydrogen-bond donors (Lipinski definition) is 6. The third kappa shape index (κ3) is 30.8. The van der Waals surface area contributed by atoms with Gasteiger partial charge in [0.05, 0.1) is 60.3 Å². The molecular weight excluding hydrogens is 2000 g/mol. The van der Waals surface area contributed by atoms with Crippen molar-refractivity contribution in [2.75, 3.05) is 98.7 Å². The highest BCUT2D eigenvalue weighted by atomic mass is 35.6. The summed E-state index contributed by atoms with van der Waals surface area (Å²) in [5, 5.41) is 48.2. The van der Waals surface area contributed by atoms with Gasteiger partial charge in [-0.2, -0.15) is 0 Å². The van der Waals surface area contributed by atoms with E-state index in [0.717, 1.165) is 73.9 Å². The van der Waals surface area contributed by atoms with Gasteiger partial charge in [0.1, 0.15) is 69.1 Å². The molecular formula is C80H92BCl8F18N6O20. The summed E-state index contributed by atoms with van der Waals surface area (Å²) >= 11 is 40.2. The molecule has 0 unspecified atom stereocenters. The van der Waals surface area contributed by atoms with Crippen LogP contribution in [0, 0.1) is 17.8 Å². The number of rotatable bonds is 14. The van der Waals surface area contributed by atoms with Gasteiger partial charge in [-0.15, -0.1) is 0 Å². The van der Waals surface area contributed by atoms with E-state index in [9.17, 15) is 39.3 Å². The number of likely N-dealkylation sites (N-methyl/N-ethyl adjacent to an activating group) is 2. The predicted molar refractivity (Wildman–Crippen MR) is 461 cm³/mol. The van der Waals surface area contributed by atoms with Crippen LogP contribution in [0.2, 0.25) is 0 Å². The Morgan fingerprint density at radius 3 is 1.11 bits per heavy atom. The van der Waals surface area contributed by atoms with Crippen LogP contribution in [0.3, 0.4) is 0 Å². The molecule has 1 amide bonds. The normalized spacial score (nSPS) is 23.2. The van der Waals surface area contributed by atoms with Gasteiger partial charge in [0.25, 0.3) is 0 Å². The van der Waals surface area contributed by atoms with E-state index >= 15 is 0 Å². The van der Waals surface area contributed by atoms with Crippen molar-refractivity contribution in [2.24, 2.45) is 16.6 Å². The number of aryl methyl sites for hydroxylation is 1. The number of methoxy groups -OCH3 is 5. The molecule has 6 aliphatic heterocycles. The van der Waals surface area contributed by atoms with Gasteiger partial charge in [-0.05, 0) is 223 Å². The Kier molecular flexibility index (Phi) is 57.3. The highest BCUT2D eigenvalue weighted by Crippen LogP contribution is 2.69. The van der Waals surface area contributed by atoms with Crippen LogP contribution in [0.1, 0.15) is 63.1 Å². The molecule has 14 rings (SSSR count). The lowest BCUT2D eigenvalue weighted by Gasteiger charge is -2.64. The first-order valence-corrected chi connectivity index (χ1v) is 40.3. The summed E-state index contributed by atoms with van der Waals surface area (Å²) < 4.78 is 194. The van der Waals surface area contributed by atoms with Crippen molar-refractivity contribution in [3.05, 3.63) is 174 Å². The number of carbonyl (C=O) groups excluding carboxylic acids is 5. The number of halogens is 26. The minimum Gasteiger partial charge on any atom is -0.508 e. The van der Waals surface area contributed by atoms with Gasteiger partial charge in [0.2, 0.25) is 0 Å². The second kappa shape index (κ2) is 60.5. The number of esters is 1. The Labute approximate surface area is 792 Å². The molecule has 12 atom stereocenters. The maximum absolute atomic E-state index is 13.1. The molecule has 2 spiro atoms. The number of aromatic hydroxyl groups is 1. The fraction of sp³-hybridized carbons (Fsp3) is 0.438. The van der Waals surface area contributed by atoms with E-state index in [4.69, 9.17) is 219 Å². The number of carbonyl (C=O) groups is 5. The molecule has 133 heavy (non-hydrogen) atoms. The maximum atomic E-state index is 13.1. The monoisotopic (exact) mass is 2090 g/mol. The summed E-state index contributed by atoms with van der Waals surface area (Å²) in [6, 6.07) is 38.5. The number of phenolic OH excluding ortho intramolecular Hbond substituents is 1. The minimum atomic E-state index is -2.24. The van der Waals surface area contributed by atoms with Gasteiger partial charge in [-0.25, -0.2) is 19.2 Å². The number of anilines is 2. The Morgan fingerprint density at radius 2 is 0.797 bits per heavy atom. The van der Waals surface area contributed by atoms with Gasteiger partial charge in [-0.3, -0.25) is 14.6 Å². The van der Waals surface area contributed by atoms with Crippen molar-refractivity contribution < 1.29 is 179 Å². The molecule has 747 valence electrons. The third-order valence-corrected chi connectivity index (χ3v) is 22.9. The lowest BCUT2D eigenvalue weighted by atomic mass is 9.47. The SMILES string of the molecule is CC[C@]12C=CCN3CC[C@@]4(c5ccc(OC)cc5N(C)[C@H]4[C@@](O)(CN)[C@@H]1O)[C@@H]32.CC[C@]12C=CCN3CC[C@@]4(c5ccc(OC)cc5N(C)[C@H]4[C@@](O)(CNC(=O)Oc4ccc(OC)cc4)[C@@H]1OC(C)=O)[C@@H]32.COc1ccc(OC(=O)Cl)cc1.COc1ccc(OC(=O)Cl)cc1.Cc1ccc(O)cc1.FF.FF.FF.FF.FF.FF.FF.FF.FF.O=C(OC(Cl)(Cl)Cl)OC(Cl)(Cl)Cl.[B]. The molecule has 53 heteroatoms. The van der Waals surface area contributed by atoms with Crippen LogP contribution in [0.25, 0.3) is 0 Å². The van der Waals surface area contributed by atoms with E-state index in [1.165, 1.54) is 18.1 Å². The second-order valence-corrected chi connectivity index (χ2v) is 33.1. The Hall–Kier alpha value is -8.97. The second-order valence-electron chi connectivity index (χ2n) is 28.1. The van der Waals surface area contributed by atoms with Gasteiger partial charge in [0.15, 0.2) is 0 Å². The maximum Gasteiger partial charge on any atom is 0.515 e. The van der Waals surface area contributed by atoms with Crippen molar-refractivity contribution in [1.82, 2.24) is 15.1 Å². The van der Waals surface area contributed by atoms with Crippen LogP contribution in [0.4, 0.5) is 113 Å². The fourth-order valence-electron chi connectivity index (χ4n) is 18.2. The zero-order valence-electron chi connectivity index (χ0n) is 71.6. The predicted octanol–water partition coefficient (Wildman–Crippen LogP) is 21.7. The van der Waals surface area contributed by atoms with Crippen LogP contribution in [0.15, 0.2) is 158 Å². The highest BCUT2D eigenvalue weighted by Gasteiger charge is 2.79. The molecule has 26 nitrogen and oxygen atoms in total. The summed E-state index contributed by atoms with van der Waals surface area (Å²) in [6.45, 7) is 10.9. The quantitative estimate of drug-likeness (QED) is 0.0147. The molecule has 6 aromatic rings. The average Bonchev–Trinajstić information content (AvgIpc) is 1.50. The zero-order valence-corrected chi connectivity index (χ0v) is 77.7. The summed E-state index contributed by atoms with van der Waals surface area (Å²) in [7, 11) is 12.0. The smallest absolute Gasteiger partial charge is 0.508 e. The summed E-state index contributed by atoms with van der Waals surface area (Å²) in [6.07, 6.45) is 7.76. The van der Waals surface area contributed by atoms with E-state index in [2.05, 4.69) is 100 Å². The number of amides is 1. The number of fused-ring (bicyclic) bond motifs is 2.